The highest BCUT2D eigenvalue weighted by molar-refractivity contribution is 6.33. The highest BCUT2D eigenvalue weighted by atomic mass is 35.5. The molecule has 174 valence electrons. The van der Waals surface area contributed by atoms with Crippen LogP contribution in [0.3, 0.4) is 0 Å². The van der Waals surface area contributed by atoms with E-state index in [4.69, 9.17) is 26.2 Å². The fourth-order valence-electron chi connectivity index (χ4n) is 3.19. The highest BCUT2D eigenvalue weighted by Gasteiger charge is 2.21. The number of hydrogen-bond donors (Lipinski definition) is 4. The SMILES string of the molecule is CC[C@@H](C[C@H](O)[C@H](C)CO)Oc1nc2nc(-c3ccc(OC(C)CO)cc3)c(Cl)cc2[nH]1. The zero-order valence-corrected chi connectivity index (χ0v) is 19.2. The minimum absolute atomic E-state index is 0.0618. The van der Waals surface area contributed by atoms with E-state index >= 15 is 0 Å². The van der Waals surface area contributed by atoms with Gasteiger partial charge in [0.05, 0.1) is 28.9 Å². The van der Waals surface area contributed by atoms with E-state index in [0.717, 1.165) is 5.56 Å². The molecule has 0 aliphatic rings. The van der Waals surface area contributed by atoms with Gasteiger partial charge in [-0.15, -0.1) is 0 Å². The van der Waals surface area contributed by atoms with Gasteiger partial charge in [-0.05, 0) is 43.7 Å². The van der Waals surface area contributed by atoms with Crippen molar-refractivity contribution in [3.8, 4) is 23.0 Å². The van der Waals surface area contributed by atoms with Crippen molar-refractivity contribution in [2.45, 2.75) is 51.9 Å². The van der Waals surface area contributed by atoms with Crippen LogP contribution in [0.25, 0.3) is 22.4 Å². The van der Waals surface area contributed by atoms with E-state index < -0.39 is 6.10 Å². The number of aliphatic hydroxyl groups excluding tert-OH is 3. The van der Waals surface area contributed by atoms with Crippen molar-refractivity contribution in [2.75, 3.05) is 13.2 Å². The first-order valence-electron chi connectivity index (χ1n) is 10.7. The molecule has 0 amide bonds. The van der Waals surface area contributed by atoms with E-state index in [9.17, 15) is 10.2 Å². The van der Waals surface area contributed by atoms with Crippen LogP contribution >= 0.6 is 11.6 Å². The lowest BCUT2D eigenvalue weighted by Crippen LogP contribution is -2.29. The van der Waals surface area contributed by atoms with E-state index in [1.807, 2.05) is 19.1 Å². The number of pyridine rings is 1. The summed E-state index contributed by atoms with van der Waals surface area (Å²) in [5.41, 5.74) is 2.49. The second-order valence-electron chi connectivity index (χ2n) is 7.98. The minimum Gasteiger partial charge on any atom is -0.488 e. The molecule has 3 rings (SSSR count). The number of imidazole rings is 1. The monoisotopic (exact) mass is 463 g/mol. The Balaban J connectivity index is 1.78. The van der Waals surface area contributed by atoms with Crippen LogP contribution in [0.2, 0.25) is 5.02 Å². The van der Waals surface area contributed by atoms with Gasteiger partial charge in [-0.25, -0.2) is 4.98 Å². The van der Waals surface area contributed by atoms with Crippen molar-refractivity contribution in [2.24, 2.45) is 5.92 Å². The summed E-state index contributed by atoms with van der Waals surface area (Å²) in [7, 11) is 0. The zero-order valence-electron chi connectivity index (χ0n) is 18.5. The lowest BCUT2D eigenvalue weighted by atomic mass is 9.99. The first kappa shape index (κ1) is 24.3. The number of nitrogens with one attached hydrogen (secondary N) is 1. The third kappa shape index (κ3) is 5.89. The number of H-pyrrole nitrogens is 1. The molecule has 2 aromatic heterocycles. The second-order valence-corrected chi connectivity index (χ2v) is 8.39. The number of nitrogens with zero attached hydrogens (tertiary/aromatic N) is 2. The van der Waals surface area contributed by atoms with Gasteiger partial charge < -0.3 is 29.8 Å². The largest absolute Gasteiger partial charge is 0.488 e. The number of aromatic nitrogens is 3. The molecule has 0 aliphatic carbocycles. The summed E-state index contributed by atoms with van der Waals surface area (Å²) >= 11 is 6.47. The number of fused-ring (bicyclic) bond motifs is 1. The summed E-state index contributed by atoms with van der Waals surface area (Å²) in [6.45, 7) is 5.40. The summed E-state index contributed by atoms with van der Waals surface area (Å²) in [5, 5.41) is 29.0. The Morgan fingerprint density at radius 3 is 2.41 bits per heavy atom. The van der Waals surface area contributed by atoms with Gasteiger partial charge in [0.2, 0.25) is 0 Å². The van der Waals surface area contributed by atoms with Crippen LogP contribution in [0.4, 0.5) is 0 Å². The predicted octanol–water partition coefficient (Wildman–Crippen LogP) is 3.57. The number of rotatable bonds is 11. The Labute approximate surface area is 192 Å². The summed E-state index contributed by atoms with van der Waals surface area (Å²) < 4.78 is 11.5. The van der Waals surface area contributed by atoms with Crippen molar-refractivity contribution in [1.29, 1.82) is 0 Å². The van der Waals surface area contributed by atoms with Crippen molar-refractivity contribution in [3.63, 3.8) is 0 Å². The fourth-order valence-corrected chi connectivity index (χ4v) is 3.45. The highest BCUT2D eigenvalue weighted by Crippen LogP contribution is 2.31. The second kappa shape index (κ2) is 11.0. The normalized spacial score (nSPS) is 15.3. The lowest BCUT2D eigenvalue weighted by Gasteiger charge is -2.22. The van der Waals surface area contributed by atoms with Gasteiger partial charge in [-0.1, -0.05) is 25.4 Å². The van der Waals surface area contributed by atoms with Crippen molar-refractivity contribution >= 4 is 22.8 Å². The van der Waals surface area contributed by atoms with Gasteiger partial charge in [-0.2, -0.15) is 4.98 Å². The van der Waals surface area contributed by atoms with Gasteiger partial charge in [0.1, 0.15) is 18.0 Å². The molecule has 0 saturated carbocycles. The maximum Gasteiger partial charge on any atom is 0.296 e. The molecule has 4 atom stereocenters. The van der Waals surface area contributed by atoms with E-state index in [-0.39, 0.29) is 31.3 Å². The smallest absolute Gasteiger partial charge is 0.296 e. The Kier molecular flexibility index (Phi) is 8.31. The zero-order chi connectivity index (χ0) is 23.3. The van der Waals surface area contributed by atoms with Crippen LogP contribution in [-0.2, 0) is 0 Å². The maximum absolute atomic E-state index is 10.2. The van der Waals surface area contributed by atoms with Gasteiger partial charge in [-0.3, -0.25) is 0 Å². The number of aliphatic hydroxyl groups is 3. The number of benzene rings is 1. The van der Waals surface area contributed by atoms with E-state index in [0.29, 0.717) is 46.5 Å². The summed E-state index contributed by atoms with van der Waals surface area (Å²) in [5.74, 6) is 0.418. The quantitative estimate of drug-likeness (QED) is 0.343. The Morgan fingerprint density at radius 2 is 1.78 bits per heavy atom. The number of aromatic amines is 1. The first-order valence-corrected chi connectivity index (χ1v) is 11.1. The third-order valence-electron chi connectivity index (χ3n) is 5.31. The Morgan fingerprint density at radius 1 is 1.06 bits per heavy atom. The van der Waals surface area contributed by atoms with Crippen LogP contribution in [0.5, 0.6) is 11.8 Å². The molecule has 0 radical (unpaired) electrons. The molecule has 0 fully saturated rings. The summed E-state index contributed by atoms with van der Waals surface area (Å²) in [6.07, 6.45) is -0.155. The molecule has 0 bridgehead atoms. The molecule has 0 aliphatic heterocycles. The predicted molar refractivity (Wildman–Crippen MR) is 123 cm³/mol. The number of ether oxygens (including phenoxy) is 2. The van der Waals surface area contributed by atoms with Gasteiger partial charge in [0.25, 0.3) is 6.01 Å². The van der Waals surface area contributed by atoms with Gasteiger partial charge in [0.15, 0.2) is 5.65 Å². The Bertz CT molecular complexity index is 1010. The summed E-state index contributed by atoms with van der Waals surface area (Å²) in [6, 6.07) is 9.35. The third-order valence-corrected chi connectivity index (χ3v) is 5.60. The number of hydrogen-bond acceptors (Lipinski definition) is 7. The van der Waals surface area contributed by atoms with Crippen LogP contribution in [-0.4, -0.2) is 61.8 Å². The van der Waals surface area contributed by atoms with Crippen molar-refractivity contribution in [3.05, 3.63) is 35.4 Å². The van der Waals surface area contributed by atoms with Crippen LogP contribution in [0.1, 0.15) is 33.6 Å². The van der Waals surface area contributed by atoms with Crippen LogP contribution in [0.15, 0.2) is 30.3 Å². The molecule has 3 aromatic rings. The van der Waals surface area contributed by atoms with Crippen LogP contribution in [0, 0.1) is 5.92 Å². The molecule has 9 heteroatoms. The molecule has 0 spiro atoms. The average molecular weight is 464 g/mol. The van der Waals surface area contributed by atoms with Gasteiger partial charge >= 0.3 is 0 Å². The standard InChI is InChI=1S/C23H30ClN3O5/c1-4-16(9-20(30)13(2)11-28)32-23-25-19-10-18(24)21(26-22(19)27-23)15-5-7-17(8-6-15)31-14(3)12-29/h5-8,10,13-14,16,20,28-30H,4,9,11-12H2,1-3H3,(H,25,26,27)/t13-,14?,16+,20+/m1/s1. The molecular formula is C23H30ClN3O5. The van der Waals surface area contributed by atoms with Gasteiger partial charge in [0, 0.05) is 24.5 Å². The van der Waals surface area contributed by atoms with Crippen molar-refractivity contribution in [1.82, 2.24) is 15.0 Å². The van der Waals surface area contributed by atoms with E-state index in [1.54, 1.807) is 32.0 Å². The topological polar surface area (TPSA) is 121 Å². The molecule has 2 heterocycles. The molecule has 4 N–H and O–H groups in total. The molecular weight excluding hydrogens is 434 g/mol. The molecule has 0 saturated heterocycles. The first-order chi connectivity index (χ1) is 15.3. The molecule has 32 heavy (non-hydrogen) atoms. The average Bonchev–Trinajstić information content (AvgIpc) is 3.18. The minimum atomic E-state index is -0.666. The van der Waals surface area contributed by atoms with Crippen molar-refractivity contribution < 1.29 is 24.8 Å². The fraction of sp³-hybridized carbons (Fsp3) is 0.478. The Hall–Kier alpha value is -2.39. The molecule has 1 unspecified atom stereocenters. The van der Waals surface area contributed by atoms with Crippen LogP contribution < -0.4 is 9.47 Å². The molecule has 1 aromatic carbocycles. The number of halogens is 1. The van der Waals surface area contributed by atoms with E-state index in [1.165, 1.54) is 0 Å². The summed E-state index contributed by atoms with van der Waals surface area (Å²) in [4.78, 5) is 12.1. The van der Waals surface area contributed by atoms with E-state index in [2.05, 4.69) is 15.0 Å². The maximum atomic E-state index is 10.2. The molecule has 8 nitrogen and oxygen atoms in total. The lowest BCUT2D eigenvalue weighted by molar-refractivity contribution is 0.0334.